The molecule has 0 bridgehead atoms. The maximum absolute atomic E-state index is 11.6. The summed E-state index contributed by atoms with van der Waals surface area (Å²) < 4.78 is 0. The Hall–Kier alpha value is -2.09. The van der Waals surface area contributed by atoms with Gasteiger partial charge in [-0.05, 0) is 85.1 Å². The van der Waals surface area contributed by atoms with Gasteiger partial charge in [-0.3, -0.25) is 4.79 Å². The van der Waals surface area contributed by atoms with E-state index >= 15 is 0 Å². The van der Waals surface area contributed by atoms with E-state index in [4.69, 9.17) is 5.73 Å². The molecule has 2 aromatic carbocycles. The second-order valence-corrected chi connectivity index (χ2v) is 8.69. The summed E-state index contributed by atoms with van der Waals surface area (Å²) in [6.07, 6.45) is 7.95. The van der Waals surface area contributed by atoms with E-state index < -0.39 is 0 Å². The zero-order valence-corrected chi connectivity index (χ0v) is 16.3. The highest BCUT2D eigenvalue weighted by atomic mass is 16.1. The summed E-state index contributed by atoms with van der Waals surface area (Å²) in [6.45, 7) is 6.77. The first-order valence-electron chi connectivity index (χ1n) is 9.84. The van der Waals surface area contributed by atoms with Crippen LogP contribution in [0.25, 0.3) is 11.1 Å². The summed E-state index contributed by atoms with van der Waals surface area (Å²) in [4.78, 5) is 11.6. The molecule has 1 aliphatic carbocycles. The third kappa shape index (κ3) is 4.35. The minimum absolute atomic E-state index is 0.364. The van der Waals surface area contributed by atoms with Gasteiger partial charge in [0.05, 0.1) is 0 Å². The summed E-state index contributed by atoms with van der Waals surface area (Å²) in [5.74, 6) is 0.522. The van der Waals surface area contributed by atoms with Crippen molar-refractivity contribution < 1.29 is 4.79 Å². The van der Waals surface area contributed by atoms with Crippen LogP contribution in [0, 0.1) is 18.3 Å². The topological polar surface area (TPSA) is 43.1 Å². The lowest BCUT2D eigenvalue weighted by molar-refractivity contribution is 0.0999. The van der Waals surface area contributed by atoms with Crippen molar-refractivity contribution in [3.05, 3.63) is 59.2 Å². The summed E-state index contributed by atoms with van der Waals surface area (Å²) in [5.41, 5.74) is 11.2. The van der Waals surface area contributed by atoms with Crippen molar-refractivity contribution in [3.63, 3.8) is 0 Å². The number of carbonyl (C=O) groups excluding carboxylic acids is 1. The Morgan fingerprint density at radius 2 is 1.73 bits per heavy atom. The molecule has 1 saturated carbocycles. The van der Waals surface area contributed by atoms with Crippen LogP contribution >= 0.6 is 0 Å². The van der Waals surface area contributed by atoms with E-state index in [-0.39, 0.29) is 5.91 Å². The van der Waals surface area contributed by atoms with E-state index in [9.17, 15) is 4.79 Å². The quantitative estimate of drug-likeness (QED) is 0.716. The molecular weight excluding hydrogens is 318 g/mol. The average molecular weight is 350 g/mol. The molecule has 0 unspecified atom stereocenters. The number of hydrogen-bond donors (Lipinski definition) is 1. The van der Waals surface area contributed by atoms with Crippen molar-refractivity contribution in [3.8, 4) is 11.1 Å². The maximum Gasteiger partial charge on any atom is 0.248 e. The highest BCUT2D eigenvalue weighted by Crippen LogP contribution is 2.39. The number of aryl methyl sites for hydroxylation is 1. The number of nitrogens with two attached hydrogens (primary N) is 1. The highest BCUT2D eigenvalue weighted by molar-refractivity contribution is 5.96. The number of rotatable bonds is 5. The Balaban J connectivity index is 1.64. The Bertz CT molecular complexity index is 763. The van der Waals surface area contributed by atoms with Crippen molar-refractivity contribution in [1.29, 1.82) is 0 Å². The summed E-state index contributed by atoms with van der Waals surface area (Å²) in [6, 6.07) is 14.6. The predicted molar refractivity (Wildman–Crippen MR) is 109 cm³/mol. The van der Waals surface area contributed by atoms with Crippen LogP contribution in [-0.2, 0) is 6.42 Å². The first-order valence-corrected chi connectivity index (χ1v) is 9.84. The molecule has 2 nitrogen and oxygen atoms in total. The number of primary amides is 1. The van der Waals surface area contributed by atoms with Gasteiger partial charge in [0.1, 0.15) is 0 Å². The van der Waals surface area contributed by atoms with Crippen LogP contribution in [-0.4, -0.2) is 5.91 Å². The van der Waals surface area contributed by atoms with Crippen LogP contribution in [0.1, 0.15) is 67.4 Å². The fraction of sp³-hybridized carbons (Fsp3) is 0.458. The maximum atomic E-state index is 11.6. The van der Waals surface area contributed by atoms with Gasteiger partial charge in [-0.1, -0.05) is 50.2 Å². The molecule has 0 atom stereocenters. The minimum atomic E-state index is -0.364. The van der Waals surface area contributed by atoms with Crippen LogP contribution in [0.4, 0.5) is 0 Å². The SMILES string of the molecule is Cc1c(C(N)=O)cccc1-c1ccc(CCC2CCC(C)(C)CC2)cc1. The Kier molecular flexibility index (Phi) is 5.50. The second-order valence-electron chi connectivity index (χ2n) is 8.69. The van der Waals surface area contributed by atoms with Crippen molar-refractivity contribution in [2.24, 2.45) is 17.1 Å². The Morgan fingerprint density at radius 3 is 2.35 bits per heavy atom. The van der Waals surface area contributed by atoms with Crippen molar-refractivity contribution >= 4 is 5.91 Å². The number of amides is 1. The van der Waals surface area contributed by atoms with Crippen LogP contribution in [0.3, 0.4) is 0 Å². The van der Waals surface area contributed by atoms with Gasteiger partial charge in [0, 0.05) is 5.56 Å². The lowest BCUT2D eigenvalue weighted by Gasteiger charge is -2.34. The first-order chi connectivity index (χ1) is 12.4. The molecule has 1 aliphatic rings. The first kappa shape index (κ1) is 18.7. The number of carbonyl (C=O) groups is 1. The van der Waals surface area contributed by atoms with Gasteiger partial charge in [-0.2, -0.15) is 0 Å². The number of benzene rings is 2. The third-order valence-electron chi connectivity index (χ3n) is 6.16. The molecule has 0 heterocycles. The molecule has 2 heteroatoms. The standard InChI is InChI=1S/C24H31NO/c1-17-21(5-4-6-22(17)23(25)26)20-11-9-18(10-12-20)7-8-19-13-15-24(2,3)16-14-19/h4-6,9-12,19H,7-8,13-16H2,1-3H3,(H2,25,26). The summed E-state index contributed by atoms with van der Waals surface area (Å²) >= 11 is 0. The van der Waals surface area contributed by atoms with E-state index in [1.54, 1.807) is 6.07 Å². The molecule has 26 heavy (non-hydrogen) atoms. The van der Waals surface area contributed by atoms with E-state index in [1.165, 1.54) is 37.7 Å². The zero-order chi connectivity index (χ0) is 18.7. The molecule has 0 radical (unpaired) electrons. The third-order valence-corrected chi connectivity index (χ3v) is 6.16. The van der Waals surface area contributed by atoms with Gasteiger partial charge in [0.2, 0.25) is 5.91 Å². The Labute approximate surface area is 157 Å². The van der Waals surface area contributed by atoms with Crippen LogP contribution < -0.4 is 5.73 Å². The molecule has 1 amide bonds. The van der Waals surface area contributed by atoms with Crippen LogP contribution in [0.2, 0.25) is 0 Å². The van der Waals surface area contributed by atoms with Crippen molar-refractivity contribution in [1.82, 2.24) is 0 Å². The van der Waals surface area contributed by atoms with Gasteiger partial charge in [-0.25, -0.2) is 0 Å². The lowest BCUT2D eigenvalue weighted by Crippen LogP contribution is -2.21. The van der Waals surface area contributed by atoms with Crippen LogP contribution in [0.15, 0.2) is 42.5 Å². The second kappa shape index (κ2) is 7.65. The molecule has 2 aromatic rings. The Morgan fingerprint density at radius 1 is 1.08 bits per heavy atom. The number of hydrogen-bond acceptors (Lipinski definition) is 1. The normalized spacial score (nSPS) is 17.2. The fourth-order valence-corrected chi connectivity index (χ4v) is 4.18. The lowest BCUT2D eigenvalue weighted by atomic mass is 9.72. The molecule has 0 aromatic heterocycles. The smallest absolute Gasteiger partial charge is 0.248 e. The van der Waals surface area contributed by atoms with Gasteiger partial charge in [-0.15, -0.1) is 0 Å². The van der Waals surface area contributed by atoms with E-state index in [1.807, 2.05) is 13.0 Å². The van der Waals surface area contributed by atoms with Crippen molar-refractivity contribution in [2.75, 3.05) is 0 Å². The predicted octanol–water partition coefficient (Wildman–Crippen LogP) is 5.91. The molecule has 138 valence electrons. The molecule has 2 N–H and O–H groups in total. The van der Waals surface area contributed by atoms with Gasteiger partial charge >= 0.3 is 0 Å². The zero-order valence-electron chi connectivity index (χ0n) is 16.3. The van der Waals surface area contributed by atoms with Crippen LogP contribution in [0.5, 0.6) is 0 Å². The monoisotopic (exact) mass is 349 g/mol. The van der Waals surface area contributed by atoms with E-state index in [2.05, 4.69) is 44.2 Å². The molecule has 3 rings (SSSR count). The van der Waals surface area contributed by atoms with E-state index in [0.29, 0.717) is 11.0 Å². The fourth-order valence-electron chi connectivity index (χ4n) is 4.18. The van der Waals surface area contributed by atoms with Crippen molar-refractivity contribution in [2.45, 2.75) is 59.3 Å². The van der Waals surface area contributed by atoms with Gasteiger partial charge in [0.25, 0.3) is 0 Å². The average Bonchev–Trinajstić information content (AvgIpc) is 2.61. The van der Waals surface area contributed by atoms with Gasteiger partial charge < -0.3 is 5.73 Å². The summed E-state index contributed by atoms with van der Waals surface area (Å²) in [7, 11) is 0. The summed E-state index contributed by atoms with van der Waals surface area (Å²) in [5, 5.41) is 0. The van der Waals surface area contributed by atoms with E-state index in [0.717, 1.165) is 29.0 Å². The minimum Gasteiger partial charge on any atom is -0.366 e. The highest BCUT2D eigenvalue weighted by Gasteiger charge is 2.26. The largest absolute Gasteiger partial charge is 0.366 e. The molecule has 1 fully saturated rings. The van der Waals surface area contributed by atoms with Gasteiger partial charge in [0.15, 0.2) is 0 Å². The molecular formula is C24H31NO. The molecule has 0 spiro atoms. The molecule has 0 saturated heterocycles. The molecule has 0 aliphatic heterocycles.